The van der Waals surface area contributed by atoms with Crippen LogP contribution in [-0.4, -0.2) is 18.1 Å². The highest BCUT2D eigenvalue weighted by Crippen LogP contribution is 2.41. The second kappa shape index (κ2) is 4.76. The average molecular weight is 340 g/mol. The largest absolute Gasteiger partial charge is 0.432 e. The van der Waals surface area contributed by atoms with Crippen molar-refractivity contribution in [2.24, 2.45) is 0 Å². The van der Waals surface area contributed by atoms with Crippen molar-refractivity contribution in [2.75, 3.05) is 0 Å². The van der Waals surface area contributed by atoms with Crippen molar-refractivity contribution in [3.05, 3.63) is 33.9 Å². The molecule has 2 aromatic rings. The molecule has 19 heavy (non-hydrogen) atoms. The molecule has 0 fully saturated rings. The highest BCUT2D eigenvalue weighted by atomic mass is 79.9. The smallest absolute Gasteiger partial charge is 0.188 e. The second-order valence-corrected chi connectivity index (χ2v) is 11.9. The molecule has 1 aromatic carbocycles. The zero-order valence-electron chi connectivity index (χ0n) is 12.3. The average Bonchev–Trinajstić information content (AvgIpc) is 2.54. The minimum Gasteiger partial charge on any atom is -0.432 e. The molecule has 104 valence electrons. The van der Waals surface area contributed by atoms with Crippen LogP contribution in [0.5, 0.6) is 0 Å². The lowest BCUT2D eigenvalue weighted by molar-refractivity contribution is 0.468. The standard InChI is InChI=1S/C15H22BrNOSi/c1-10-13(9-15(2,3)19(4,5)18)12-8-11(16)6-7-14(12)17-10/h6-8,17-18H,9H2,1-5H3. The molecule has 0 bridgehead atoms. The molecule has 0 radical (unpaired) electrons. The van der Waals surface area contributed by atoms with Crippen LogP contribution in [-0.2, 0) is 6.42 Å². The number of aryl methyl sites for hydroxylation is 1. The van der Waals surface area contributed by atoms with Crippen LogP contribution in [0.4, 0.5) is 0 Å². The van der Waals surface area contributed by atoms with Crippen molar-refractivity contribution >= 4 is 35.2 Å². The Labute approximate surface area is 124 Å². The molecule has 1 aromatic heterocycles. The lowest BCUT2D eigenvalue weighted by Crippen LogP contribution is -2.40. The maximum absolute atomic E-state index is 10.5. The van der Waals surface area contributed by atoms with Crippen LogP contribution in [0.2, 0.25) is 18.1 Å². The Morgan fingerprint density at radius 3 is 2.53 bits per heavy atom. The monoisotopic (exact) mass is 339 g/mol. The Kier molecular flexibility index (Phi) is 3.71. The number of halogens is 1. The van der Waals surface area contributed by atoms with Crippen LogP contribution in [0.15, 0.2) is 22.7 Å². The van der Waals surface area contributed by atoms with Gasteiger partial charge in [0, 0.05) is 21.1 Å². The first-order valence-corrected chi connectivity index (χ1v) is 10.3. The lowest BCUT2D eigenvalue weighted by Gasteiger charge is -2.35. The first kappa shape index (κ1) is 14.8. The van der Waals surface area contributed by atoms with E-state index in [0.29, 0.717) is 0 Å². The molecular formula is C15H22BrNOSi. The van der Waals surface area contributed by atoms with Gasteiger partial charge in [0.2, 0.25) is 0 Å². The summed E-state index contributed by atoms with van der Waals surface area (Å²) in [5.74, 6) is 0. The van der Waals surface area contributed by atoms with E-state index in [1.807, 2.05) is 13.1 Å². The van der Waals surface area contributed by atoms with Crippen molar-refractivity contribution in [3.63, 3.8) is 0 Å². The molecule has 4 heteroatoms. The topological polar surface area (TPSA) is 36.0 Å². The number of hydrogen-bond donors (Lipinski definition) is 2. The Balaban J connectivity index is 2.51. The minimum atomic E-state index is -2.19. The summed E-state index contributed by atoms with van der Waals surface area (Å²) in [4.78, 5) is 13.9. The molecule has 2 N–H and O–H groups in total. The molecular weight excluding hydrogens is 318 g/mol. The van der Waals surface area contributed by atoms with Crippen molar-refractivity contribution in [1.82, 2.24) is 4.98 Å². The third-order valence-electron chi connectivity index (χ3n) is 4.36. The zero-order chi connectivity index (χ0) is 14.4. The lowest BCUT2D eigenvalue weighted by atomic mass is 9.99. The van der Waals surface area contributed by atoms with Crippen molar-refractivity contribution in [1.29, 1.82) is 0 Å². The van der Waals surface area contributed by atoms with E-state index in [9.17, 15) is 4.80 Å². The fourth-order valence-corrected chi connectivity index (χ4v) is 3.21. The summed E-state index contributed by atoms with van der Waals surface area (Å²) in [6, 6.07) is 6.32. The third kappa shape index (κ3) is 2.80. The van der Waals surface area contributed by atoms with Gasteiger partial charge in [-0.15, -0.1) is 0 Å². The molecule has 1 heterocycles. The third-order valence-corrected chi connectivity index (χ3v) is 8.34. The molecule has 0 unspecified atom stereocenters. The quantitative estimate of drug-likeness (QED) is 0.777. The number of hydrogen-bond acceptors (Lipinski definition) is 1. The maximum atomic E-state index is 10.5. The summed E-state index contributed by atoms with van der Waals surface area (Å²) >= 11 is 3.54. The van der Waals surface area contributed by atoms with E-state index in [-0.39, 0.29) is 5.04 Å². The van der Waals surface area contributed by atoms with Gasteiger partial charge >= 0.3 is 0 Å². The number of rotatable bonds is 3. The molecule has 0 aliphatic rings. The van der Waals surface area contributed by atoms with Gasteiger partial charge in [0.25, 0.3) is 0 Å². The highest BCUT2D eigenvalue weighted by Gasteiger charge is 2.38. The zero-order valence-corrected chi connectivity index (χ0v) is 14.9. The molecule has 2 nitrogen and oxygen atoms in total. The molecule has 0 amide bonds. The summed E-state index contributed by atoms with van der Waals surface area (Å²) < 4.78 is 1.10. The normalized spacial score (nSPS) is 13.2. The van der Waals surface area contributed by atoms with Gasteiger partial charge in [-0.05, 0) is 55.2 Å². The Morgan fingerprint density at radius 2 is 1.95 bits per heavy atom. The van der Waals surface area contributed by atoms with Crippen molar-refractivity contribution in [3.8, 4) is 0 Å². The van der Waals surface area contributed by atoms with Crippen molar-refractivity contribution < 1.29 is 4.80 Å². The number of aromatic amines is 1. The van der Waals surface area contributed by atoms with Crippen LogP contribution in [0.1, 0.15) is 25.1 Å². The molecule has 0 atom stereocenters. The molecule has 0 aliphatic heterocycles. The SMILES string of the molecule is Cc1[nH]c2ccc(Br)cc2c1CC(C)(C)[Si](C)(C)O. The van der Waals surface area contributed by atoms with E-state index < -0.39 is 8.32 Å². The Bertz CT molecular complexity index is 610. The van der Waals surface area contributed by atoms with Gasteiger partial charge in [-0.2, -0.15) is 0 Å². The van der Waals surface area contributed by atoms with Crippen LogP contribution in [0.25, 0.3) is 10.9 Å². The van der Waals surface area contributed by atoms with Gasteiger partial charge in [-0.3, -0.25) is 0 Å². The maximum Gasteiger partial charge on any atom is 0.188 e. The second-order valence-electron chi connectivity index (χ2n) is 6.54. The van der Waals surface area contributed by atoms with Gasteiger partial charge in [0.05, 0.1) is 0 Å². The molecule has 0 aliphatic carbocycles. The Morgan fingerprint density at radius 1 is 1.32 bits per heavy atom. The van der Waals surface area contributed by atoms with E-state index in [1.165, 1.54) is 22.2 Å². The van der Waals surface area contributed by atoms with Crippen LogP contribution >= 0.6 is 15.9 Å². The number of H-pyrrole nitrogens is 1. The van der Waals surface area contributed by atoms with Crippen LogP contribution in [0, 0.1) is 6.92 Å². The van der Waals surface area contributed by atoms with E-state index >= 15 is 0 Å². The van der Waals surface area contributed by atoms with E-state index in [4.69, 9.17) is 0 Å². The minimum absolute atomic E-state index is 0.0464. The van der Waals surface area contributed by atoms with Gasteiger partial charge < -0.3 is 9.78 Å². The summed E-state index contributed by atoms with van der Waals surface area (Å²) in [6.07, 6.45) is 0.908. The van der Waals surface area contributed by atoms with Crippen molar-refractivity contribution in [2.45, 2.75) is 45.3 Å². The van der Waals surface area contributed by atoms with Crippen LogP contribution in [0.3, 0.4) is 0 Å². The van der Waals surface area contributed by atoms with Gasteiger partial charge in [-0.1, -0.05) is 29.8 Å². The fourth-order valence-electron chi connectivity index (χ4n) is 2.24. The number of benzene rings is 1. The van der Waals surface area contributed by atoms with Crippen LogP contribution < -0.4 is 0 Å². The Hall–Kier alpha value is -0.583. The summed E-state index contributed by atoms with van der Waals surface area (Å²) in [6.45, 7) is 10.5. The van der Waals surface area contributed by atoms with E-state index in [2.05, 4.69) is 59.9 Å². The summed E-state index contributed by atoms with van der Waals surface area (Å²) in [5.41, 5.74) is 3.71. The number of fused-ring (bicyclic) bond motifs is 1. The molecule has 0 spiro atoms. The van der Waals surface area contributed by atoms with Gasteiger partial charge in [-0.25, -0.2) is 0 Å². The first-order valence-electron chi connectivity index (χ1n) is 6.61. The first-order chi connectivity index (χ1) is 8.62. The number of nitrogens with one attached hydrogen (secondary N) is 1. The predicted octanol–water partition coefficient (Wildman–Crippen LogP) is 4.76. The number of aromatic nitrogens is 1. The summed E-state index contributed by atoms with van der Waals surface area (Å²) in [7, 11) is -2.19. The fraction of sp³-hybridized carbons (Fsp3) is 0.467. The summed E-state index contributed by atoms with van der Waals surface area (Å²) in [5, 5.41) is 1.22. The molecule has 0 saturated heterocycles. The van der Waals surface area contributed by atoms with Gasteiger partial charge in [0.15, 0.2) is 8.32 Å². The highest BCUT2D eigenvalue weighted by molar-refractivity contribution is 9.10. The van der Waals surface area contributed by atoms with Gasteiger partial charge in [0.1, 0.15) is 0 Å². The van der Waals surface area contributed by atoms with E-state index in [1.54, 1.807) is 0 Å². The van der Waals surface area contributed by atoms with E-state index in [0.717, 1.165) is 10.9 Å². The molecule has 0 saturated carbocycles. The molecule has 2 rings (SSSR count). The predicted molar refractivity (Wildman–Crippen MR) is 88.2 cm³/mol.